The van der Waals surface area contributed by atoms with E-state index in [1.165, 1.54) is 5.56 Å². The fraction of sp³-hybridized carbons (Fsp3) is 0.538. The highest BCUT2D eigenvalue weighted by atomic mass is 35.5. The van der Waals surface area contributed by atoms with Crippen LogP contribution in [0.2, 0.25) is 5.02 Å². The molecule has 4 heteroatoms. The summed E-state index contributed by atoms with van der Waals surface area (Å²) < 4.78 is 10.6. The van der Waals surface area contributed by atoms with Gasteiger partial charge in [-0.15, -0.1) is 0 Å². The highest BCUT2D eigenvalue weighted by molar-refractivity contribution is 6.31. The molecular weight excluding hydrogens is 238 g/mol. The molecule has 0 bridgehead atoms. The quantitative estimate of drug-likeness (QED) is 0.892. The lowest BCUT2D eigenvalue weighted by molar-refractivity contribution is -0.101. The minimum atomic E-state index is 0.120. The molecule has 92 valence electrons. The topological polar surface area (TPSA) is 30.5 Å². The van der Waals surface area contributed by atoms with Crippen LogP contribution in [0.25, 0.3) is 0 Å². The Hall–Kier alpha value is -0.770. The molecule has 0 radical (unpaired) electrons. The zero-order valence-corrected chi connectivity index (χ0v) is 10.6. The molecular formula is C13H16ClNO2. The van der Waals surface area contributed by atoms with Crippen LogP contribution >= 0.6 is 11.6 Å². The molecule has 0 spiro atoms. The van der Waals surface area contributed by atoms with E-state index in [9.17, 15) is 0 Å². The number of hydrogen-bond donors (Lipinski definition) is 1. The lowest BCUT2D eigenvalue weighted by Gasteiger charge is -2.51. The fourth-order valence-corrected chi connectivity index (χ4v) is 3.00. The number of halogens is 1. The first-order valence-electron chi connectivity index (χ1n) is 5.89. The third-order valence-electron chi connectivity index (χ3n) is 3.99. The van der Waals surface area contributed by atoms with Gasteiger partial charge in [0, 0.05) is 23.5 Å². The minimum Gasteiger partial charge on any atom is -0.497 e. The van der Waals surface area contributed by atoms with E-state index >= 15 is 0 Å². The number of benzene rings is 1. The molecule has 0 aromatic heterocycles. The van der Waals surface area contributed by atoms with E-state index in [1.54, 1.807) is 7.11 Å². The molecule has 0 aliphatic carbocycles. The monoisotopic (exact) mass is 253 g/mol. The Morgan fingerprint density at radius 3 is 2.59 bits per heavy atom. The molecule has 0 atom stereocenters. The Bertz CT molecular complexity index is 427. The van der Waals surface area contributed by atoms with Crippen LogP contribution in [0.4, 0.5) is 0 Å². The Kier molecular flexibility index (Phi) is 2.77. The largest absolute Gasteiger partial charge is 0.497 e. The van der Waals surface area contributed by atoms with Crippen molar-refractivity contribution in [1.29, 1.82) is 0 Å². The summed E-state index contributed by atoms with van der Waals surface area (Å²) in [6, 6.07) is 5.96. The van der Waals surface area contributed by atoms with Crippen LogP contribution in [0.15, 0.2) is 18.2 Å². The van der Waals surface area contributed by atoms with E-state index in [2.05, 4.69) is 11.4 Å². The summed E-state index contributed by atoms with van der Waals surface area (Å²) in [6.07, 6.45) is 0. The minimum absolute atomic E-state index is 0.120. The van der Waals surface area contributed by atoms with Gasteiger partial charge >= 0.3 is 0 Å². The van der Waals surface area contributed by atoms with Crippen LogP contribution < -0.4 is 10.1 Å². The van der Waals surface area contributed by atoms with Gasteiger partial charge in [0.05, 0.1) is 20.3 Å². The van der Waals surface area contributed by atoms with Gasteiger partial charge in [0.15, 0.2) is 0 Å². The lowest BCUT2D eigenvalue weighted by Crippen LogP contribution is -2.62. The lowest BCUT2D eigenvalue weighted by atomic mass is 9.66. The summed E-state index contributed by atoms with van der Waals surface area (Å²) in [5.41, 5.74) is 1.33. The van der Waals surface area contributed by atoms with E-state index in [1.807, 2.05) is 12.1 Å². The third-order valence-corrected chi connectivity index (χ3v) is 4.31. The van der Waals surface area contributed by atoms with Crippen molar-refractivity contribution in [2.24, 2.45) is 5.92 Å². The number of hydrogen-bond acceptors (Lipinski definition) is 3. The van der Waals surface area contributed by atoms with Gasteiger partial charge in [0.25, 0.3) is 0 Å². The zero-order chi connectivity index (χ0) is 11.9. The van der Waals surface area contributed by atoms with Crippen LogP contribution in [0.3, 0.4) is 0 Å². The Morgan fingerprint density at radius 1 is 1.41 bits per heavy atom. The van der Waals surface area contributed by atoms with Crippen molar-refractivity contribution < 1.29 is 9.47 Å². The first-order chi connectivity index (χ1) is 8.26. The van der Waals surface area contributed by atoms with Crippen LogP contribution in [-0.2, 0) is 10.2 Å². The smallest absolute Gasteiger partial charge is 0.120 e. The first kappa shape index (κ1) is 11.3. The molecule has 1 aromatic carbocycles. The van der Waals surface area contributed by atoms with Gasteiger partial charge in [0.1, 0.15) is 5.75 Å². The number of rotatable bonds is 3. The Balaban J connectivity index is 1.96. The van der Waals surface area contributed by atoms with Crippen molar-refractivity contribution in [3.63, 3.8) is 0 Å². The molecule has 1 aromatic rings. The summed E-state index contributed by atoms with van der Waals surface area (Å²) in [6.45, 7) is 3.69. The summed E-state index contributed by atoms with van der Waals surface area (Å²) in [5.74, 6) is 1.45. The van der Waals surface area contributed by atoms with Crippen molar-refractivity contribution in [2.75, 3.05) is 33.4 Å². The van der Waals surface area contributed by atoms with E-state index < -0.39 is 0 Å². The molecule has 2 fully saturated rings. The second-order valence-corrected chi connectivity index (χ2v) is 5.26. The maximum Gasteiger partial charge on any atom is 0.120 e. The van der Waals surface area contributed by atoms with Gasteiger partial charge < -0.3 is 14.8 Å². The molecule has 17 heavy (non-hydrogen) atoms. The van der Waals surface area contributed by atoms with Gasteiger partial charge in [0.2, 0.25) is 0 Å². The molecule has 0 unspecified atom stereocenters. The average molecular weight is 254 g/mol. The Morgan fingerprint density at radius 2 is 2.18 bits per heavy atom. The highest BCUT2D eigenvalue weighted by Gasteiger charge is 2.50. The van der Waals surface area contributed by atoms with Gasteiger partial charge in [-0.25, -0.2) is 0 Å². The van der Waals surface area contributed by atoms with E-state index in [4.69, 9.17) is 21.1 Å². The van der Waals surface area contributed by atoms with Gasteiger partial charge in [-0.2, -0.15) is 0 Å². The summed E-state index contributed by atoms with van der Waals surface area (Å²) in [4.78, 5) is 0. The molecule has 2 heterocycles. The van der Waals surface area contributed by atoms with Crippen LogP contribution in [0.1, 0.15) is 5.56 Å². The van der Waals surface area contributed by atoms with E-state index in [0.29, 0.717) is 5.92 Å². The highest BCUT2D eigenvalue weighted by Crippen LogP contribution is 2.44. The van der Waals surface area contributed by atoms with Gasteiger partial charge in [-0.3, -0.25) is 0 Å². The first-order valence-corrected chi connectivity index (χ1v) is 6.26. The summed E-state index contributed by atoms with van der Waals surface area (Å²) >= 11 is 6.37. The van der Waals surface area contributed by atoms with Gasteiger partial charge in [-0.1, -0.05) is 17.7 Å². The Labute approximate surface area is 106 Å². The summed E-state index contributed by atoms with van der Waals surface area (Å²) in [7, 11) is 1.66. The maximum atomic E-state index is 6.37. The zero-order valence-electron chi connectivity index (χ0n) is 9.83. The van der Waals surface area contributed by atoms with Gasteiger partial charge in [-0.05, 0) is 23.6 Å². The second-order valence-electron chi connectivity index (χ2n) is 4.85. The van der Waals surface area contributed by atoms with Crippen LogP contribution in [0, 0.1) is 5.92 Å². The predicted octanol–water partition coefficient (Wildman–Crippen LogP) is 1.84. The third kappa shape index (κ3) is 1.65. The SMILES string of the molecule is COc1ccc(C2(C3CNC3)COC2)c(Cl)c1. The molecule has 0 amide bonds. The van der Waals surface area contributed by atoms with Crippen molar-refractivity contribution in [2.45, 2.75) is 5.41 Å². The standard InChI is InChI=1S/C13H16ClNO2/c1-16-10-2-3-11(12(14)4-10)13(7-17-8-13)9-5-15-6-9/h2-4,9,15H,5-8H2,1H3. The number of ether oxygens (including phenoxy) is 2. The van der Waals surface area contributed by atoms with Crippen molar-refractivity contribution in [3.05, 3.63) is 28.8 Å². The molecule has 2 saturated heterocycles. The van der Waals surface area contributed by atoms with Crippen molar-refractivity contribution in [3.8, 4) is 5.75 Å². The number of nitrogens with one attached hydrogen (secondary N) is 1. The maximum absolute atomic E-state index is 6.37. The van der Waals surface area contributed by atoms with Crippen molar-refractivity contribution in [1.82, 2.24) is 5.32 Å². The number of methoxy groups -OCH3 is 1. The molecule has 0 saturated carbocycles. The molecule has 1 N–H and O–H groups in total. The predicted molar refractivity (Wildman–Crippen MR) is 66.9 cm³/mol. The molecule has 2 aliphatic heterocycles. The molecule has 3 rings (SSSR count). The molecule has 2 aliphatic rings. The summed E-state index contributed by atoms with van der Waals surface area (Å²) in [5, 5.41) is 4.11. The van der Waals surface area contributed by atoms with Crippen molar-refractivity contribution >= 4 is 11.6 Å². The average Bonchev–Trinajstić information content (AvgIpc) is 2.21. The van der Waals surface area contributed by atoms with Crippen LogP contribution in [-0.4, -0.2) is 33.4 Å². The second kappa shape index (κ2) is 4.16. The van der Waals surface area contributed by atoms with E-state index in [0.717, 1.165) is 37.1 Å². The fourth-order valence-electron chi connectivity index (χ4n) is 2.64. The van der Waals surface area contributed by atoms with Crippen LogP contribution in [0.5, 0.6) is 5.75 Å². The normalized spacial score (nSPS) is 22.7. The van der Waals surface area contributed by atoms with E-state index in [-0.39, 0.29) is 5.41 Å². The molecule has 3 nitrogen and oxygen atoms in total.